The minimum Gasteiger partial charge on any atom is -0.497 e. The van der Waals surface area contributed by atoms with Gasteiger partial charge in [0.1, 0.15) is 22.8 Å². The molecule has 2 amide bonds. The number of ether oxygens (including phenoxy) is 3. The summed E-state index contributed by atoms with van der Waals surface area (Å²) in [4.78, 5) is 21.5. The van der Waals surface area contributed by atoms with Crippen LogP contribution in [0.2, 0.25) is 0 Å². The van der Waals surface area contributed by atoms with Crippen LogP contribution in [0.25, 0.3) is 10.2 Å². The lowest BCUT2D eigenvalue weighted by Gasteiger charge is -2.34. The molecular formula is C21H24N4O4S. The lowest BCUT2D eigenvalue weighted by molar-refractivity contribution is 0.208. The van der Waals surface area contributed by atoms with Crippen LogP contribution >= 0.6 is 11.3 Å². The zero-order valence-corrected chi connectivity index (χ0v) is 18.0. The lowest BCUT2D eigenvalue weighted by Crippen LogP contribution is -2.50. The predicted octanol–water partition coefficient (Wildman–Crippen LogP) is 3.68. The highest BCUT2D eigenvalue weighted by Gasteiger charge is 2.24. The molecule has 1 aliphatic rings. The molecule has 2 heterocycles. The Morgan fingerprint density at radius 1 is 1.00 bits per heavy atom. The highest BCUT2D eigenvalue weighted by molar-refractivity contribution is 7.22. The third-order valence-electron chi connectivity index (χ3n) is 5.08. The maximum absolute atomic E-state index is 12.7. The number of thiazole rings is 1. The summed E-state index contributed by atoms with van der Waals surface area (Å²) >= 11 is 1.64. The summed E-state index contributed by atoms with van der Waals surface area (Å²) in [6, 6.07) is 11.1. The van der Waals surface area contributed by atoms with Gasteiger partial charge in [-0.15, -0.1) is 0 Å². The van der Waals surface area contributed by atoms with Crippen molar-refractivity contribution in [2.45, 2.75) is 0 Å². The Morgan fingerprint density at radius 3 is 2.47 bits per heavy atom. The number of aromatic nitrogens is 1. The first-order valence-electron chi connectivity index (χ1n) is 9.59. The highest BCUT2D eigenvalue weighted by Crippen LogP contribution is 2.34. The summed E-state index contributed by atoms with van der Waals surface area (Å²) < 4.78 is 17.1. The van der Waals surface area contributed by atoms with E-state index in [1.165, 1.54) is 0 Å². The number of benzene rings is 2. The average Bonchev–Trinajstić information content (AvgIpc) is 3.24. The molecule has 0 saturated carbocycles. The Kier molecular flexibility index (Phi) is 5.80. The summed E-state index contributed by atoms with van der Waals surface area (Å²) in [5.41, 5.74) is 1.50. The van der Waals surface area contributed by atoms with Gasteiger partial charge >= 0.3 is 6.03 Å². The van der Waals surface area contributed by atoms with Crippen molar-refractivity contribution in [2.75, 3.05) is 57.7 Å². The molecule has 0 radical (unpaired) electrons. The molecule has 0 aliphatic carbocycles. The van der Waals surface area contributed by atoms with Crippen molar-refractivity contribution < 1.29 is 19.0 Å². The lowest BCUT2D eigenvalue weighted by atomic mass is 10.2. The van der Waals surface area contributed by atoms with E-state index in [0.717, 1.165) is 34.2 Å². The van der Waals surface area contributed by atoms with E-state index in [2.05, 4.69) is 10.2 Å². The molecule has 0 bridgehead atoms. The van der Waals surface area contributed by atoms with Gasteiger partial charge in [0, 0.05) is 32.2 Å². The second-order valence-electron chi connectivity index (χ2n) is 6.77. The van der Waals surface area contributed by atoms with Crippen molar-refractivity contribution in [1.29, 1.82) is 0 Å². The summed E-state index contributed by atoms with van der Waals surface area (Å²) in [7, 11) is 4.81. The van der Waals surface area contributed by atoms with Crippen molar-refractivity contribution in [3.63, 3.8) is 0 Å². The van der Waals surface area contributed by atoms with Crippen LogP contribution < -0.4 is 24.4 Å². The molecule has 8 nitrogen and oxygen atoms in total. The number of anilines is 2. The minimum absolute atomic E-state index is 0.149. The molecule has 1 aromatic heterocycles. The molecule has 158 valence electrons. The maximum Gasteiger partial charge on any atom is 0.322 e. The van der Waals surface area contributed by atoms with Gasteiger partial charge in [-0.05, 0) is 24.3 Å². The number of hydrogen-bond donors (Lipinski definition) is 1. The number of hydrogen-bond acceptors (Lipinski definition) is 7. The average molecular weight is 429 g/mol. The first-order chi connectivity index (χ1) is 14.6. The largest absolute Gasteiger partial charge is 0.497 e. The molecule has 0 spiro atoms. The van der Waals surface area contributed by atoms with E-state index in [9.17, 15) is 4.79 Å². The molecule has 9 heteroatoms. The second-order valence-corrected chi connectivity index (χ2v) is 7.78. The number of rotatable bonds is 5. The topological polar surface area (TPSA) is 76.2 Å². The normalized spacial score (nSPS) is 14.0. The summed E-state index contributed by atoms with van der Waals surface area (Å²) in [5.74, 6) is 2.01. The van der Waals surface area contributed by atoms with E-state index < -0.39 is 0 Å². The predicted molar refractivity (Wildman–Crippen MR) is 119 cm³/mol. The number of nitrogens with one attached hydrogen (secondary N) is 1. The first-order valence-corrected chi connectivity index (χ1v) is 10.4. The smallest absolute Gasteiger partial charge is 0.322 e. The van der Waals surface area contributed by atoms with E-state index in [-0.39, 0.29) is 6.03 Å². The molecule has 30 heavy (non-hydrogen) atoms. The molecule has 1 fully saturated rings. The molecule has 0 unspecified atom stereocenters. The minimum atomic E-state index is -0.149. The van der Waals surface area contributed by atoms with Gasteiger partial charge in [-0.2, -0.15) is 0 Å². The monoisotopic (exact) mass is 428 g/mol. The molecule has 1 saturated heterocycles. The van der Waals surface area contributed by atoms with Gasteiger partial charge in [0.05, 0.1) is 31.7 Å². The fourth-order valence-corrected chi connectivity index (χ4v) is 4.44. The number of nitrogens with zero attached hydrogens (tertiary/aromatic N) is 3. The molecule has 1 N–H and O–H groups in total. The van der Waals surface area contributed by atoms with Gasteiger partial charge < -0.3 is 29.3 Å². The molecule has 0 atom stereocenters. The fraction of sp³-hybridized carbons (Fsp3) is 0.333. The van der Waals surface area contributed by atoms with E-state index in [0.29, 0.717) is 30.3 Å². The molecule has 2 aromatic carbocycles. The quantitative estimate of drug-likeness (QED) is 0.668. The summed E-state index contributed by atoms with van der Waals surface area (Å²) in [6.07, 6.45) is 0. The van der Waals surface area contributed by atoms with Gasteiger partial charge in [-0.1, -0.05) is 17.4 Å². The number of carbonyl (C=O) groups is 1. The van der Waals surface area contributed by atoms with Gasteiger partial charge in [0.2, 0.25) is 0 Å². The first kappa shape index (κ1) is 20.1. The fourth-order valence-electron chi connectivity index (χ4n) is 3.41. The molecule has 1 aliphatic heterocycles. The number of amides is 2. The molecule has 4 rings (SSSR count). The summed E-state index contributed by atoms with van der Waals surface area (Å²) in [6.45, 7) is 2.65. The Morgan fingerprint density at radius 2 is 1.77 bits per heavy atom. The van der Waals surface area contributed by atoms with Crippen LogP contribution in [0, 0.1) is 0 Å². The van der Waals surface area contributed by atoms with Crippen LogP contribution in [0.15, 0.2) is 36.4 Å². The van der Waals surface area contributed by atoms with E-state index in [4.69, 9.17) is 19.2 Å². The van der Waals surface area contributed by atoms with Crippen LogP contribution in [0.1, 0.15) is 0 Å². The maximum atomic E-state index is 12.7. The number of methoxy groups -OCH3 is 3. The number of fused-ring (bicyclic) bond motifs is 1. The van der Waals surface area contributed by atoms with Crippen molar-refractivity contribution in [1.82, 2.24) is 9.88 Å². The van der Waals surface area contributed by atoms with Gasteiger partial charge in [-0.3, -0.25) is 0 Å². The van der Waals surface area contributed by atoms with Crippen LogP contribution in [0.3, 0.4) is 0 Å². The number of piperazine rings is 1. The Bertz CT molecular complexity index is 1050. The van der Waals surface area contributed by atoms with Crippen LogP contribution in [-0.2, 0) is 0 Å². The van der Waals surface area contributed by atoms with Crippen molar-refractivity contribution in [3.05, 3.63) is 36.4 Å². The van der Waals surface area contributed by atoms with Gasteiger partial charge in [0.25, 0.3) is 0 Å². The number of para-hydroxylation sites is 1. The SMILES string of the molecule is COc1ccc(NC(=O)N2CCN(c3nc4c(OC)cccc4s3)CC2)c(OC)c1. The Balaban J connectivity index is 1.40. The number of carbonyl (C=O) groups excluding carboxylic acids is 1. The van der Waals surface area contributed by atoms with E-state index in [1.807, 2.05) is 18.2 Å². The zero-order chi connectivity index (χ0) is 21.1. The Hall–Kier alpha value is -3.20. The van der Waals surface area contributed by atoms with Crippen LogP contribution in [0.4, 0.5) is 15.6 Å². The molecular weight excluding hydrogens is 404 g/mol. The Labute approximate surface area is 179 Å². The zero-order valence-electron chi connectivity index (χ0n) is 17.2. The third kappa shape index (κ3) is 3.93. The summed E-state index contributed by atoms with van der Waals surface area (Å²) in [5, 5.41) is 3.88. The van der Waals surface area contributed by atoms with Gasteiger partial charge in [-0.25, -0.2) is 9.78 Å². The van der Waals surface area contributed by atoms with Crippen molar-refractivity contribution >= 4 is 38.4 Å². The van der Waals surface area contributed by atoms with Gasteiger partial charge in [0.15, 0.2) is 5.13 Å². The second kappa shape index (κ2) is 8.66. The van der Waals surface area contributed by atoms with Crippen LogP contribution in [-0.4, -0.2) is 63.4 Å². The van der Waals surface area contributed by atoms with E-state index >= 15 is 0 Å². The molecule has 3 aromatic rings. The van der Waals surface area contributed by atoms with Crippen molar-refractivity contribution in [2.24, 2.45) is 0 Å². The number of urea groups is 1. The van der Waals surface area contributed by atoms with Crippen LogP contribution in [0.5, 0.6) is 17.2 Å². The highest BCUT2D eigenvalue weighted by atomic mass is 32.1. The van der Waals surface area contributed by atoms with Crippen molar-refractivity contribution in [3.8, 4) is 17.2 Å². The standard InChI is InChI=1S/C21H24N4O4S/c1-27-14-7-8-15(17(13-14)29-3)22-20(26)24-9-11-25(12-10-24)21-23-19-16(28-2)5-4-6-18(19)30-21/h4-8,13H,9-12H2,1-3H3,(H,22,26). The van der Waals surface area contributed by atoms with E-state index in [1.54, 1.807) is 55.8 Å². The third-order valence-corrected chi connectivity index (χ3v) is 6.16.